The number of thiazole rings is 2. The van der Waals surface area contributed by atoms with Crippen molar-refractivity contribution >= 4 is 57.5 Å². The zero-order valence-electron chi connectivity index (χ0n) is 25.1. The Labute approximate surface area is 283 Å². The lowest BCUT2D eigenvalue weighted by molar-refractivity contribution is 0.103. The summed E-state index contributed by atoms with van der Waals surface area (Å²) in [5.74, 6) is -0.483. The summed E-state index contributed by atoms with van der Waals surface area (Å²) in [5, 5.41) is 20.7. The normalized spacial score (nSPS) is 20.4. The molecule has 10 heteroatoms. The summed E-state index contributed by atoms with van der Waals surface area (Å²) in [5.41, 5.74) is 4.52. The molecule has 2 heterocycles. The van der Waals surface area contributed by atoms with Crippen molar-refractivity contribution in [1.29, 1.82) is 10.5 Å². The van der Waals surface area contributed by atoms with Crippen LogP contribution in [0.2, 0.25) is 0 Å². The van der Waals surface area contributed by atoms with Crippen LogP contribution in [0.25, 0.3) is 42.7 Å². The monoisotopic (exact) mass is 656 g/mol. The van der Waals surface area contributed by atoms with Crippen molar-refractivity contribution in [2.75, 3.05) is 0 Å². The van der Waals surface area contributed by atoms with Gasteiger partial charge in [0.15, 0.2) is 11.6 Å². The van der Waals surface area contributed by atoms with Gasteiger partial charge in [-0.05, 0) is 36.1 Å². The first-order valence-corrected chi connectivity index (χ1v) is 16.9. The first-order chi connectivity index (χ1) is 23.4. The zero-order chi connectivity index (χ0) is 33.2. The van der Waals surface area contributed by atoms with Crippen LogP contribution in [-0.2, 0) is 5.41 Å². The third kappa shape index (κ3) is 4.08. The number of carbonyl (C=O) groups excluding carboxylic acids is 2. The molecule has 0 aliphatic heterocycles. The number of aromatic nitrogens is 2. The second-order valence-corrected chi connectivity index (χ2v) is 13.9. The van der Waals surface area contributed by atoms with E-state index in [4.69, 9.17) is 23.1 Å². The summed E-state index contributed by atoms with van der Waals surface area (Å²) in [7, 11) is 0. The van der Waals surface area contributed by atoms with Crippen LogP contribution >= 0.6 is 22.7 Å². The highest BCUT2D eigenvalue weighted by atomic mass is 32.1. The van der Waals surface area contributed by atoms with Crippen LogP contribution in [-0.4, -0.2) is 21.5 Å². The molecule has 48 heavy (non-hydrogen) atoms. The second kappa shape index (κ2) is 11.0. The maximum atomic E-state index is 13.6. The van der Waals surface area contributed by atoms with Crippen LogP contribution in [0.1, 0.15) is 85.4 Å². The van der Waals surface area contributed by atoms with Crippen molar-refractivity contribution in [3.63, 3.8) is 0 Å². The predicted octanol–water partition coefficient (Wildman–Crippen LogP) is 8.70. The average Bonchev–Trinajstić information content (AvgIpc) is 3.90. The summed E-state index contributed by atoms with van der Waals surface area (Å²) in [6.07, 6.45) is 8.28. The molecule has 0 N–H and O–H groups in total. The van der Waals surface area contributed by atoms with Crippen molar-refractivity contribution in [3.05, 3.63) is 138 Å². The molecule has 0 bridgehead atoms. The number of hydrogen-bond acceptors (Lipinski definition) is 8. The van der Waals surface area contributed by atoms with Crippen LogP contribution < -0.4 is 0 Å². The van der Waals surface area contributed by atoms with Crippen LogP contribution in [0.4, 0.5) is 0 Å². The maximum absolute atomic E-state index is 13.6. The molecule has 0 amide bonds. The van der Waals surface area contributed by atoms with Gasteiger partial charge in [-0.25, -0.2) is 30.2 Å². The van der Waals surface area contributed by atoms with E-state index in [1.807, 2.05) is 12.1 Å². The summed E-state index contributed by atoms with van der Waals surface area (Å²) in [4.78, 5) is 46.2. The summed E-state index contributed by atoms with van der Waals surface area (Å²) in [6, 6.07) is 18.0. The van der Waals surface area contributed by atoms with Gasteiger partial charge < -0.3 is 0 Å². The van der Waals surface area contributed by atoms with Crippen LogP contribution in [0.5, 0.6) is 0 Å². The number of benzene rings is 2. The Bertz CT molecular complexity index is 2270. The van der Waals surface area contributed by atoms with Gasteiger partial charge in [0.1, 0.15) is 10.0 Å². The largest absolute Gasteiger partial charge is 0.289 e. The van der Waals surface area contributed by atoms with Gasteiger partial charge in [0.2, 0.25) is 0 Å². The van der Waals surface area contributed by atoms with E-state index < -0.39 is 5.41 Å². The van der Waals surface area contributed by atoms with Gasteiger partial charge in [-0.1, -0.05) is 67.8 Å². The van der Waals surface area contributed by atoms with E-state index in [1.165, 1.54) is 22.7 Å². The molecule has 8 rings (SSSR count). The number of fused-ring (bicyclic) bond motifs is 7. The molecular formula is C38H20N6O2S2. The SMILES string of the molecule is [C-]#[N+]/C(C#N)=C1\C(=C\c2nc3c(s2)-c2sc(/C=C4\C(=O)c5ccccc5\C4=C(\C#N)[N+]#[C-])nc2C32CCCCC2)C(=O)c2ccccc21. The van der Waals surface area contributed by atoms with Crippen molar-refractivity contribution in [1.82, 2.24) is 9.97 Å². The lowest BCUT2D eigenvalue weighted by atomic mass is 9.72. The minimum atomic E-state index is -0.408. The highest BCUT2D eigenvalue weighted by Gasteiger charge is 2.49. The molecule has 1 fully saturated rings. The lowest BCUT2D eigenvalue weighted by Gasteiger charge is -2.32. The van der Waals surface area contributed by atoms with Crippen molar-refractivity contribution in [2.24, 2.45) is 0 Å². The third-order valence-corrected chi connectivity index (χ3v) is 11.6. The molecule has 1 saturated carbocycles. The van der Waals surface area contributed by atoms with E-state index in [2.05, 4.69) is 9.69 Å². The minimum Gasteiger partial charge on any atom is -0.289 e. The zero-order valence-corrected chi connectivity index (χ0v) is 26.8. The Morgan fingerprint density at radius 3 is 1.52 bits per heavy atom. The third-order valence-electron chi connectivity index (χ3n) is 9.46. The molecule has 0 radical (unpaired) electrons. The molecule has 8 nitrogen and oxygen atoms in total. The summed E-state index contributed by atoms with van der Waals surface area (Å²) in [6.45, 7) is 15.2. The van der Waals surface area contributed by atoms with Gasteiger partial charge in [0.05, 0.1) is 51.8 Å². The molecule has 2 aromatic carbocycles. The molecular weight excluding hydrogens is 637 g/mol. The van der Waals surface area contributed by atoms with E-state index >= 15 is 0 Å². The standard InChI is InChI=1S/C38H20N6O2S2/c1-41-26(18-39)30-20-10-4-6-12-22(20)32(45)24(30)16-28-43-36-34(47-28)35-37(38(36)14-8-3-9-15-38)44-29(48-35)17-25-31(27(19-40)42-2)21-11-5-7-13-23(21)33(25)46/h4-7,10-13,16-17H,3,8-9,14-15H2/b24-16-,25-17-,30-26-,31-27+. The molecule has 0 atom stereocenters. The lowest BCUT2D eigenvalue weighted by Crippen LogP contribution is -2.29. The molecule has 0 unspecified atom stereocenters. The highest BCUT2D eigenvalue weighted by molar-refractivity contribution is 7.23. The molecule has 0 saturated heterocycles. The topological polar surface area (TPSA) is 116 Å². The van der Waals surface area contributed by atoms with Crippen LogP contribution in [0.3, 0.4) is 0 Å². The fraction of sp³-hybridized carbons (Fsp3) is 0.158. The number of nitriles is 2. The van der Waals surface area contributed by atoms with Gasteiger partial charge in [0, 0.05) is 33.4 Å². The molecule has 4 aliphatic rings. The first kappa shape index (κ1) is 29.4. The van der Waals surface area contributed by atoms with Gasteiger partial charge >= 0.3 is 0 Å². The van der Waals surface area contributed by atoms with E-state index in [1.54, 1.807) is 60.7 Å². The smallest absolute Gasteiger partial charge is 0.270 e. The fourth-order valence-corrected chi connectivity index (χ4v) is 9.76. The van der Waals surface area contributed by atoms with Gasteiger partial charge in [-0.3, -0.25) is 9.59 Å². The van der Waals surface area contributed by atoms with Crippen LogP contribution in [0.15, 0.2) is 71.1 Å². The number of allylic oxidation sites excluding steroid dienone is 6. The fourth-order valence-electron chi connectivity index (χ4n) is 7.41. The first-order valence-electron chi connectivity index (χ1n) is 15.2. The number of nitrogens with zero attached hydrogens (tertiary/aromatic N) is 6. The molecule has 4 aliphatic carbocycles. The Kier molecular flexibility index (Phi) is 6.76. The van der Waals surface area contributed by atoms with Crippen molar-refractivity contribution < 1.29 is 9.59 Å². The van der Waals surface area contributed by atoms with Gasteiger partial charge in [0.25, 0.3) is 11.4 Å². The predicted molar refractivity (Wildman–Crippen MR) is 183 cm³/mol. The van der Waals surface area contributed by atoms with E-state index in [0.29, 0.717) is 43.4 Å². The number of Topliss-reactive ketones (excluding diaryl/α,β-unsaturated/α-hetero) is 2. The minimum absolute atomic E-state index is 0.135. The van der Waals surface area contributed by atoms with E-state index in [9.17, 15) is 20.1 Å². The molecule has 2 aromatic heterocycles. The van der Waals surface area contributed by atoms with Gasteiger partial charge in [-0.15, -0.1) is 22.7 Å². The van der Waals surface area contributed by atoms with E-state index in [0.717, 1.165) is 53.2 Å². The quantitative estimate of drug-likeness (QED) is 0.121. The Morgan fingerprint density at radius 1 is 0.708 bits per heavy atom. The molecule has 1 spiro atoms. The van der Waals surface area contributed by atoms with Gasteiger partial charge in [-0.2, -0.15) is 0 Å². The van der Waals surface area contributed by atoms with Crippen molar-refractivity contribution in [2.45, 2.75) is 37.5 Å². The molecule has 4 aromatic rings. The number of rotatable bonds is 2. The second-order valence-electron chi connectivity index (χ2n) is 11.9. The Morgan fingerprint density at radius 2 is 1.12 bits per heavy atom. The van der Waals surface area contributed by atoms with E-state index in [-0.39, 0.29) is 34.1 Å². The summed E-state index contributed by atoms with van der Waals surface area (Å²) < 4.78 is 0. The number of carbonyl (C=O) groups is 2. The number of hydrogen-bond donors (Lipinski definition) is 0. The average molecular weight is 657 g/mol. The number of ketones is 2. The van der Waals surface area contributed by atoms with Crippen molar-refractivity contribution in [3.8, 4) is 21.9 Å². The summed E-state index contributed by atoms with van der Waals surface area (Å²) >= 11 is 2.91. The highest BCUT2D eigenvalue weighted by Crippen LogP contribution is 2.59. The Balaban J connectivity index is 1.28. The Hall–Kier alpha value is -6.04. The van der Waals surface area contributed by atoms with Crippen LogP contribution in [0, 0.1) is 35.8 Å². The molecule has 226 valence electrons. The maximum Gasteiger partial charge on any atom is 0.270 e.